The number of aryl methyl sites for hydroxylation is 1. The lowest BCUT2D eigenvalue weighted by Gasteiger charge is -2.16. The largest absolute Gasteiger partial charge is 0.456 e. The fourth-order valence-electron chi connectivity index (χ4n) is 2.26. The van der Waals surface area contributed by atoms with Gasteiger partial charge in [-0.3, -0.25) is 4.79 Å². The van der Waals surface area contributed by atoms with Crippen LogP contribution in [0.1, 0.15) is 48.2 Å². The highest BCUT2D eigenvalue weighted by molar-refractivity contribution is 5.97. The van der Waals surface area contributed by atoms with E-state index in [2.05, 4.69) is 13.8 Å². The van der Waals surface area contributed by atoms with Crippen LogP contribution in [0.5, 0.6) is 11.5 Å². The van der Waals surface area contributed by atoms with Crippen molar-refractivity contribution in [2.24, 2.45) is 0 Å². The summed E-state index contributed by atoms with van der Waals surface area (Å²) in [6.07, 6.45) is 0. The molecule has 0 spiro atoms. The zero-order valence-electron chi connectivity index (χ0n) is 12.7. The topological polar surface area (TPSA) is 26.3 Å². The van der Waals surface area contributed by atoms with Gasteiger partial charge in [0.15, 0.2) is 5.78 Å². The minimum atomic E-state index is -0.557. The number of carbonyl (C=O) groups excluding carboxylic acids is 1. The van der Waals surface area contributed by atoms with Gasteiger partial charge in [-0.25, -0.2) is 4.39 Å². The molecule has 0 aliphatic heterocycles. The number of rotatable bonds is 4. The summed E-state index contributed by atoms with van der Waals surface area (Å²) in [4.78, 5) is 11.6. The van der Waals surface area contributed by atoms with E-state index in [0.717, 1.165) is 11.1 Å². The van der Waals surface area contributed by atoms with Crippen molar-refractivity contribution in [2.45, 2.75) is 33.6 Å². The number of halogens is 1. The van der Waals surface area contributed by atoms with Gasteiger partial charge in [0, 0.05) is 0 Å². The monoisotopic (exact) mass is 286 g/mol. The molecule has 0 saturated heterocycles. The first-order chi connectivity index (χ1) is 9.90. The van der Waals surface area contributed by atoms with Gasteiger partial charge in [0.05, 0.1) is 5.56 Å². The van der Waals surface area contributed by atoms with E-state index in [1.165, 1.54) is 13.0 Å². The third-order valence-electron chi connectivity index (χ3n) is 3.34. The quantitative estimate of drug-likeness (QED) is 0.717. The van der Waals surface area contributed by atoms with Gasteiger partial charge in [-0.15, -0.1) is 0 Å². The van der Waals surface area contributed by atoms with E-state index in [0.29, 0.717) is 5.75 Å². The van der Waals surface area contributed by atoms with Gasteiger partial charge in [-0.2, -0.15) is 0 Å². The molecule has 0 N–H and O–H groups in total. The summed E-state index contributed by atoms with van der Waals surface area (Å²) < 4.78 is 19.7. The molecular weight excluding hydrogens is 267 g/mol. The number of benzene rings is 2. The van der Waals surface area contributed by atoms with Gasteiger partial charge >= 0.3 is 0 Å². The molecule has 0 radical (unpaired) electrons. The molecule has 110 valence electrons. The fraction of sp³-hybridized carbons (Fsp3) is 0.278. The Bertz CT molecular complexity index is 675. The number of Topliss-reactive ketones (excluding diaryl/α,β-unsaturated/α-hetero) is 1. The Hall–Kier alpha value is -2.16. The average molecular weight is 286 g/mol. The Labute approximate surface area is 124 Å². The second-order valence-corrected chi connectivity index (χ2v) is 5.47. The van der Waals surface area contributed by atoms with Crippen LogP contribution in [-0.2, 0) is 0 Å². The van der Waals surface area contributed by atoms with Crippen LogP contribution in [0.3, 0.4) is 0 Å². The fourth-order valence-corrected chi connectivity index (χ4v) is 2.26. The predicted molar refractivity (Wildman–Crippen MR) is 81.7 cm³/mol. The summed E-state index contributed by atoms with van der Waals surface area (Å²) in [6, 6.07) is 10.4. The van der Waals surface area contributed by atoms with Crippen LogP contribution >= 0.6 is 0 Å². The molecule has 0 saturated carbocycles. The summed E-state index contributed by atoms with van der Waals surface area (Å²) in [5, 5.41) is 0. The Morgan fingerprint density at radius 1 is 1.14 bits per heavy atom. The molecule has 0 atom stereocenters. The Morgan fingerprint density at radius 3 is 2.48 bits per heavy atom. The van der Waals surface area contributed by atoms with Crippen molar-refractivity contribution in [3.8, 4) is 11.5 Å². The van der Waals surface area contributed by atoms with E-state index >= 15 is 0 Å². The molecule has 2 aromatic carbocycles. The van der Waals surface area contributed by atoms with Crippen LogP contribution in [0.15, 0.2) is 36.4 Å². The number of hydrogen-bond donors (Lipinski definition) is 0. The number of ketones is 1. The van der Waals surface area contributed by atoms with Gasteiger partial charge in [-0.1, -0.05) is 32.0 Å². The number of hydrogen-bond acceptors (Lipinski definition) is 2. The minimum absolute atomic E-state index is 0.00582. The summed E-state index contributed by atoms with van der Waals surface area (Å²) in [5.41, 5.74) is 2.07. The van der Waals surface area contributed by atoms with Crippen molar-refractivity contribution in [3.63, 3.8) is 0 Å². The van der Waals surface area contributed by atoms with Gasteiger partial charge in [0.1, 0.15) is 17.3 Å². The number of ether oxygens (including phenoxy) is 1. The van der Waals surface area contributed by atoms with E-state index in [4.69, 9.17) is 4.74 Å². The molecular formula is C18H19FO2. The maximum Gasteiger partial charge on any atom is 0.166 e. The van der Waals surface area contributed by atoms with Gasteiger partial charge in [0.2, 0.25) is 0 Å². The first kappa shape index (κ1) is 15.2. The first-order valence-corrected chi connectivity index (χ1v) is 6.98. The van der Waals surface area contributed by atoms with Gasteiger partial charge in [-0.05, 0) is 49.1 Å². The van der Waals surface area contributed by atoms with Crippen molar-refractivity contribution < 1.29 is 13.9 Å². The molecule has 0 fully saturated rings. The average Bonchev–Trinajstić information content (AvgIpc) is 2.37. The predicted octanol–water partition coefficient (Wildman–Crippen LogP) is 5.25. The lowest BCUT2D eigenvalue weighted by atomic mass is 10.0. The van der Waals surface area contributed by atoms with E-state index in [9.17, 15) is 9.18 Å². The molecule has 0 aromatic heterocycles. The van der Waals surface area contributed by atoms with Crippen molar-refractivity contribution in [2.75, 3.05) is 0 Å². The zero-order chi connectivity index (χ0) is 15.6. The molecule has 0 amide bonds. The highest BCUT2D eigenvalue weighted by Gasteiger charge is 2.16. The van der Waals surface area contributed by atoms with Crippen molar-refractivity contribution in [1.82, 2.24) is 0 Å². The summed E-state index contributed by atoms with van der Waals surface area (Å²) in [7, 11) is 0. The third kappa shape index (κ3) is 3.30. The maximum atomic E-state index is 13.8. The Balaban J connectivity index is 2.50. The van der Waals surface area contributed by atoms with Crippen LogP contribution in [0, 0.1) is 12.7 Å². The highest BCUT2D eigenvalue weighted by atomic mass is 19.1. The maximum absolute atomic E-state index is 13.8. The second-order valence-electron chi connectivity index (χ2n) is 5.47. The smallest absolute Gasteiger partial charge is 0.166 e. The SMILES string of the molecule is CC(=O)c1c(F)cccc1Oc1cc(C)ccc1C(C)C. The zero-order valence-corrected chi connectivity index (χ0v) is 12.7. The van der Waals surface area contributed by atoms with Crippen molar-refractivity contribution >= 4 is 5.78 Å². The summed E-state index contributed by atoms with van der Waals surface area (Å²) in [6.45, 7) is 7.43. The normalized spacial score (nSPS) is 10.8. The van der Waals surface area contributed by atoms with Crippen LogP contribution in [0.2, 0.25) is 0 Å². The second kappa shape index (κ2) is 6.08. The molecule has 0 aliphatic rings. The molecule has 2 rings (SSSR count). The van der Waals surface area contributed by atoms with Gasteiger partial charge < -0.3 is 4.74 Å². The van der Waals surface area contributed by atoms with Crippen LogP contribution in [-0.4, -0.2) is 5.78 Å². The molecule has 2 aromatic rings. The lowest BCUT2D eigenvalue weighted by molar-refractivity contribution is 0.101. The lowest BCUT2D eigenvalue weighted by Crippen LogP contribution is -2.02. The first-order valence-electron chi connectivity index (χ1n) is 6.98. The number of carbonyl (C=O) groups is 1. The standard InChI is InChI=1S/C18H19FO2/c1-11(2)14-9-8-12(3)10-17(14)21-16-7-5-6-15(19)18(16)13(4)20/h5-11H,1-4H3. The van der Waals surface area contributed by atoms with Crippen molar-refractivity contribution in [1.29, 1.82) is 0 Å². The Morgan fingerprint density at radius 2 is 1.86 bits per heavy atom. The Kier molecular flexibility index (Phi) is 4.41. The molecule has 0 heterocycles. The third-order valence-corrected chi connectivity index (χ3v) is 3.34. The van der Waals surface area contributed by atoms with Crippen LogP contribution in [0.4, 0.5) is 4.39 Å². The summed E-state index contributed by atoms with van der Waals surface area (Å²) in [5.74, 6) is 0.295. The van der Waals surface area contributed by atoms with Gasteiger partial charge in [0.25, 0.3) is 0 Å². The van der Waals surface area contributed by atoms with E-state index in [1.54, 1.807) is 12.1 Å². The van der Waals surface area contributed by atoms with Crippen LogP contribution < -0.4 is 4.74 Å². The van der Waals surface area contributed by atoms with Crippen LogP contribution in [0.25, 0.3) is 0 Å². The van der Waals surface area contributed by atoms with E-state index < -0.39 is 5.82 Å². The molecule has 2 nitrogen and oxygen atoms in total. The van der Waals surface area contributed by atoms with Crippen molar-refractivity contribution in [3.05, 3.63) is 58.9 Å². The molecule has 0 aliphatic carbocycles. The highest BCUT2D eigenvalue weighted by Crippen LogP contribution is 2.33. The minimum Gasteiger partial charge on any atom is -0.456 e. The summed E-state index contributed by atoms with van der Waals surface area (Å²) >= 11 is 0. The molecule has 3 heteroatoms. The molecule has 0 bridgehead atoms. The van der Waals surface area contributed by atoms with E-state index in [1.807, 2.05) is 25.1 Å². The molecule has 21 heavy (non-hydrogen) atoms. The molecule has 0 unspecified atom stereocenters. The van der Waals surface area contributed by atoms with E-state index in [-0.39, 0.29) is 23.0 Å².